The van der Waals surface area contributed by atoms with Crippen LogP contribution in [-0.4, -0.2) is 35.5 Å². The number of aryl methyl sites for hydroxylation is 2. The Bertz CT molecular complexity index is 862. The third-order valence-corrected chi connectivity index (χ3v) is 4.40. The average molecular weight is 383 g/mol. The van der Waals surface area contributed by atoms with Gasteiger partial charge in [0.05, 0.1) is 6.54 Å². The summed E-state index contributed by atoms with van der Waals surface area (Å²) in [6.45, 7) is 5.84. The topological polar surface area (TPSA) is 108 Å². The van der Waals surface area contributed by atoms with Crippen LogP contribution in [0.5, 0.6) is 0 Å². The van der Waals surface area contributed by atoms with Crippen molar-refractivity contribution in [3.05, 3.63) is 59.2 Å². The molecule has 0 bridgehead atoms. The van der Waals surface area contributed by atoms with Crippen molar-refractivity contribution >= 4 is 29.2 Å². The maximum Gasteiger partial charge on any atom is 0.326 e. The molecule has 2 rings (SSSR count). The van der Waals surface area contributed by atoms with Gasteiger partial charge < -0.3 is 21.1 Å². The number of amides is 2. The van der Waals surface area contributed by atoms with Gasteiger partial charge in [0.15, 0.2) is 0 Å². The van der Waals surface area contributed by atoms with Crippen molar-refractivity contribution in [2.75, 3.05) is 17.2 Å². The Labute approximate surface area is 164 Å². The second kappa shape index (κ2) is 9.55. The van der Waals surface area contributed by atoms with Gasteiger partial charge in [-0.05, 0) is 67.8 Å². The Morgan fingerprint density at radius 3 is 2.18 bits per heavy atom. The van der Waals surface area contributed by atoms with E-state index in [1.165, 1.54) is 17.7 Å². The molecule has 2 amide bonds. The van der Waals surface area contributed by atoms with E-state index in [2.05, 4.69) is 16.0 Å². The largest absolute Gasteiger partial charge is 0.480 e. The van der Waals surface area contributed by atoms with Crippen LogP contribution in [0, 0.1) is 13.8 Å². The number of rotatable bonds is 8. The lowest BCUT2D eigenvalue weighted by Gasteiger charge is -2.13. The Balaban J connectivity index is 1.88. The minimum absolute atomic E-state index is 0.113. The Morgan fingerprint density at radius 1 is 0.964 bits per heavy atom. The number of hydrogen-bond donors (Lipinski definition) is 4. The van der Waals surface area contributed by atoms with Gasteiger partial charge in [-0.3, -0.25) is 9.59 Å². The lowest BCUT2D eigenvalue weighted by molar-refractivity contribution is -0.139. The van der Waals surface area contributed by atoms with Crippen molar-refractivity contribution in [1.29, 1.82) is 0 Å². The zero-order valence-electron chi connectivity index (χ0n) is 16.2. The van der Waals surface area contributed by atoms with Gasteiger partial charge in [-0.25, -0.2) is 4.79 Å². The smallest absolute Gasteiger partial charge is 0.326 e. The van der Waals surface area contributed by atoms with Crippen molar-refractivity contribution in [3.63, 3.8) is 0 Å². The Hall–Kier alpha value is -3.35. The van der Waals surface area contributed by atoms with E-state index in [-0.39, 0.29) is 12.5 Å². The normalized spacial score (nSPS) is 11.4. The van der Waals surface area contributed by atoms with E-state index < -0.39 is 17.9 Å². The molecule has 0 aliphatic carbocycles. The molecule has 0 aromatic heterocycles. The molecule has 0 spiro atoms. The van der Waals surface area contributed by atoms with Gasteiger partial charge >= 0.3 is 5.97 Å². The summed E-state index contributed by atoms with van der Waals surface area (Å²) in [6.07, 6.45) is 0.294. The second-order valence-electron chi connectivity index (χ2n) is 6.55. The van der Waals surface area contributed by atoms with Gasteiger partial charge in [0.2, 0.25) is 5.91 Å². The molecule has 0 aliphatic heterocycles. The fraction of sp³-hybridized carbons (Fsp3) is 0.286. The van der Waals surface area contributed by atoms with Crippen molar-refractivity contribution in [3.8, 4) is 0 Å². The molecule has 0 saturated carbocycles. The second-order valence-corrected chi connectivity index (χ2v) is 6.55. The van der Waals surface area contributed by atoms with Crippen LogP contribution in [-0.2, 0) is 9.59 Å². The van der Waals surface area contributed by atoms with E-state index in [4.69, 9.17) is 5.11 Å². The van der Waals surface area contributed by atoms with E-state index in [1.807, 2.05) is 32.0 Å². The van der Waals surface area contributed by atoms with Crippen LogP contribution in [0.25, 0.3) is 0 Å². The van der Waals surface area contributed by atoms with Gasteiger partial charge in [0.1, 0.15) is 6.04 Å². The maximum atomic E-state index is 12.1. The van der Waals surface area contributed by atoms with Crippen LogP contribution in [0.15, 0.2) is 42.5 Å². The van der Waals surface area contributed by atoms with Gasteiger partial charge in [0, 0.05) is 16.9 Å². The van der Waals surface area contributed by atoms with Gasteiger partial charge in [-0.15, -0.1) is 0 Å². The minimum atomic E-state index is -1.07. The highest BCUT2D eigenvalue weighted by molar-refractivity contribution is 5.98. The number of carbonyl (C=O) groups excluding carboxylic acids is 2. The lowest BCUT2D eigenvalue weighted by Crippen LogP contribution is -2.40. The zero-order valence-corrected chi connectivity index (χ0v) is 16.2. The zero-order chi connectivity index (χ0) is 20.7. The van der Waals surface area contributed by atoms with E-state index >= 15 is 0 Å². The molecule has 0 radical (unpaired) electrons. The molecular weight excluding hydrogens is 358 g/mol. The number of carboxylic acids is 1. The van der Waals surface area contributed by atoms with Crippen molar-refractivity contribution < 1.29 is 19.5 Å². The maximum absolute atomic E-state index is 12.1. The highest BCUT2D eigenvalue weighted by atomic mass is 16.4. The SMILES string of the molecule is CCC(NC(=O)c1ccc(NC(=O)CNc2ccc(C)c(C)c2)cc1)C(=O)O. The Kier molecular flexibility index (Phi) is 7.14. The number of nitrogens with one attached hydrogen (secondary N) is 3. The molecule has 0 heterocycles. The highest BCUT2D eigenvalue weighted by Crippen LogP contribution is 2.14. The molecule has 1 atom stereocenters. The van der Waals surface area contributed by atoms with Crippen molar-refractivity contribution in [2.45, 2.75) is 33.2 Å². The number of hydrogen-bond acceptors (Lipinski definition) is 4. The van der Waals surface area contributed by atoms with Gasteiger partial charge in [-0.1, -0.05) is 13.0 Å². The number of aliphatic carboxylic acids is 1. The number of anilines is 2. The number of benzene rings is 2. The van der Waals surface area contributed by atoms with Crippen molar-refractivity contribution in [2.24, 2.45) is 0 Å². The summed E-state index contributed by atoms with van der Waals surface area (Å²) in [5.41, 5.74) is 4.08. The molecule has 7 heteroatoms. The molecule has 0 saturated heterocycles. The minimum Gasteiger partial charge on any atom is -0.480 e. The first-order chi connectivity index (χ1) is 13.3. The third-order valence-electron chi connectivity index (χ3n) is 4.40. The number of carbonyl (C=O) groups is 3. The molecule has 7 nitrogen and oxygen atoms in total. The molecule has 0 fully saturated rings. The molecule has 4 N–H and O–H groups in total. The predicted octanol–water partition coefficient (Wildman–Crippen LogP) is 2.95. The average Bonchev–Trinajstić information content (AvgIpc) is 2.67. The quantitative estimate of drug-likeness (QED) is 0.561. The summed E-state index contributed by atoms with van der Waals surface area (Å²) in [6, 6.07) is 11.2. The first kappa shape index (κ1) is 21.0. The standard InChI is InChI=1S/C21H25N3O4/c1-4-18(21(27)28)24-20(26)15-6-9-16(10-7-15)23-19(25)12-22-17-8-5-13(2)14(3)11-17/h5-11,18,22H,4,12H2,1-3H3,(H,23,25)(H,24,26)(H,27,28). The fourth-order valence-corrected chi connectivity index (χ4v) is 2.52. The third kappa shape index (κ3) is 5.84. The van der Waals surface area contributed by atoms with E-state index in [0.717, 1.165) is 11.3 Å². The first-order valence-corrected chi connectivity index (χ1v) is 9.05. The number of carboxylic acid groups (broad SMARTS) is 1. The molecule has 148 valence electrons. The molecule has 2 aromatic carbocycles. The molecule has 2 aromatic rings. The van der Waals surface area contributed by atoms with Crippen LogP contribution in [0.4, 0.5) is 11.4 Å². The Morgan fingerprint density at radius 2 is 1.61 bits per heavy atom. The molecule has 1 unspecified atom stereocenters. The van der Waals surface area contributed by atoms with E-state index in [1.54, 1.807) is 19.1 Å². The molecular formula is C21H25N3O4. The van der Waals surface area contributed by atoms with Crippen molar-refractivity contribution in [1.82, 2.24) is 5.32 Å². The van der Waals surface area contributed by atoms with Crippen LogP contribution >= 0.6 is 0 Å². The summed E-state index contributed by atoms with van der Waals surface area (Å²) >= 11 is 0. The van der Waals surface area contributed by atoms with Crippen LogP contribution in [0.2, 0.25) is 0 Å². The summed E-state index contributed by atoms with van der Waals surface area (Å²) < 4.78 is 0. The predicted molar refractivity (Wildman–Crippen MR) is 109 cm³/mol. The molecule has 28 heavy (non-hydrogen) atoms. The summed E-state index contributed by atoms with van der Waals surface area (Å²) in [4.78, 5) is 35.2. The summed E-state index contributed by atoms with van der Waals surface area (Å²) in [5.74, 6) is -1.76. The molecule has 0 aliphatic rings. The monoisotopic (exact) mass is 383 g/mol. The first-order valence-electron chi connectivity index (χ1n) is 9.05. The highest BCUT2D eigenvalue weighted by Gasteiger charge is 2.18. The van der Waals surface area contributed by atoms with E-state index in [0.29, 0.717) is 17.7 Å². The summed E-state index contributed by atoms with van der Waals surface area (Å²) in [5, 5.41) is 17.3. The van der Waals surface area contributed by atoms with Crippen LogP contribution in [0.3, 0.4) is 0 Å². The fourth-order valence-electron chi connectivity index (χ4n) is 2.52. The van der Waals surface area contributed by atoms with Crippen LogP contribution in [0.1, 0.15) is 34.8 Å². The lowest BCUT2D eigenvalue weighted by atomic mass is 10.1. The summed E-state index contributed by atoms with van der Waals surface area (Å²) in [7, 11) is 0. The van der Waals surface area contributed by atoms with Gasteiger partial charge in [-0.2, -0.15) is 0 Å². The van der Waals surface area contributed by atoms with Gasteiger partial charge in [0.25, 0.3) is 5.91 Å². The van der Waals surface area contributed by atoms with E-state index in [9.17, 15) is 14.4 Å². The van der Waals surface area contributed by atoms with Crippen LogP contribution < -0.4 is 16.0 Å².